The first-order valence-corrected chi connectivity index (χ1v) is 11.5. The van der Waals surface area contributed by atoms with Crippen LogP contribution < -0.4 is 15.8 Å². The van der Waals surface area contributed by atoms with E-state index in [2.05, 4.69) is 10.2 Å². The van der Waals surface area contributed by atoms with Gasteiger partial charge in [0.1, 0.15) is 5.75 Å². The Morgan fingerprint density at radius 3 is 2.62 bits per heavy atom. The van der Waals surface area contributed by atoms with Crippen molar-refractivity contribution in [3.05, 3.63) is 22.7 Å². The molecular formula is C22H34ClN5O4. The number of likely N-dealkylation sites (N-methyl/N-ethyl adjacent to an activating group) is 1. The minimum atomic E-state index is -0.266. The molecule has 2 unspecified atom stereocenters. The van der Waals surface area contributed by atoms with Crippen LogP contribution in [0.1, 0.15) is 30.1 Å². The molecule has 2 aliphatic heterocycles. The van der Waals surface area contributed by atoms with Gasteiger partial charge in [0.25, 0.3) is 5.91 Å². The molecule has 1 aromatic rings. The number of likely N-dealkylation sites (tertiary alicyclic amines) is 1. The van der Waals surface area contributed by atoms with Crippen LogP contribution >= 0.6 is 11.6 Å². The second kappa shape index (κ2) is 11.1. The van der Waals surface area contributed by atoms with E-state index in [-0.39, 0.29) is 24.1 Å². The predicted octanol–water partition coefficient (Wildman–Crippen LogP) is 1.90. The van der Waals surface area contributed by atoms with E-state index in [1.165, 1.54) is 13.2 Å². The van der Waals surface area contributed by atoms with Crippen LogP contribution in [0.5, 0.6) is 5.75 Å². The van der Waals surface area contributed by atoms with E-state index in [0.717, 1.165) is 58.7 Å². The van der Waals surface area contributed by atoms with Gasteiger partial charge in [-0.05, 0) is 32.4 Å². The van der Waals surface area contributed by atoms with E-state index >= 15 is 0 Å². The first-order valence-electron chi connectivity index (χ1n) is 11.1. The lowest BCUT2D eigenvalue weighted by molar-refractivity contribution is 0.00575. The number of nitrogens with zero attached hydrogens (tertiary/aromatic N) is 3. The highest BCUT2D eigenvalue weighted by atomic mass is 35.5. The van der Waals surface area contributed by atoms with Crippen molar-refractivity contribution in [2.75, 3.05) is 65.8 Å². The Morgan fingerprint density at radius 2 is 1.97 bits per heavy atom. The number of halogens is 1. The second-order valence-electron chi connectivity index (χ2n) is 8.22. The normalized spacial score (nSPS) is 21.8. The molecule has 3 amide bonds. The topological polar surface area (TPSA) is 100 Å². The average Bonchev–Trinajstić information content (AvgIpc) is 3.15. The van der Waals surface area contributed by atoms with Crippen molar-refractivity contribution in [3.8, 4) is 5.75 Å². The molecule has 0 aromatic heterocycles. The molecule has 9 nitrogen and oxygen atoms in total. The monoisotopic (exact) mass is 467 g/mol. The Hall–Kier alpha value is -2.23. The summed E-state index contributed by atoms with van der Waals surface area (Å²) < 4.78 is 11.0. The number of urea groups is 1. The lowest BCUT2D eigenvalue weighted by Gasteiger charge is -2.38. The highest BCUT2D eigenvalue weighted by Crippen LogP contribution is 2.29. The van der Waals surface area contributed by atoms with E-state index in [1.807, 2.05) is 16.7 Å². The minimum absolute atomic E-state index is 0.122. The highest BCUT2D eigenvalue weighted by Gasteiger charge is 2.32. The number of nitrogens with one attached hydrogen (secondary N) is 1. The molecule has 0 bridgehead atoms. The van der Waals surface area contributed by atoms with Crippen LogP contribution in [0, 0.1) is 0 Å². The molecule has 2 atom stereocenters. The number of nitrogen functional groups attached to an aromatic ring is 1. The number of benzene rings is 1. The summed E-state index contributed by atoms with van der Waals surface area (Å²) in [6, 6.07) is 3.10. The minimum Gasteiger partial charge on any atom is -0.496 e. The molecule has 2 fully saturated rings. The number of hydrogen-bond acceptors (Lipinski definition) is 6. The summed E-state index contributed by atoms with van der Waals surface area (Å²) in [5.74, 6) is 0.117. The van der Waals surface area contributed by atoms with E-state index < -0.39 is 0 Å². The summed E-state index contributed by atoms with van der Waals surface area (Å²) in [6.45, 7) is 7.61. The number of methoxy groups -OCH3 is 2. The number of amides is 3. The summed E-state index contributed by atoms with van der Waals surface area (Å²) in [7, 11) is 3.15. The van der Waals surface area contributed by atoms with Crippen LogP contribution in [0.4, 0.5) is 10.5 Å². The highest BCUT2D eigenvalue weighted by molar-refractivity contribution is 6.33. The number of piperidine rings is 1. The summed E-state index contributed by atoms with van der Waals surface area (Å²) in [5.41, 5.74) is 6.53. The number of carbonyl (C=O) groups is 2. The molecule has 2 aliphatic rings. The Morgan fingerprint density at radius 1 is 1.22 bits per heavy atom. The Bertz CT molecular complexity index is 824. The van der Waals surface area contributed by atoms with E-state index in [0.29, 0.717) is 22.0 Å². The van der Waals surface area contributed by atoms with Gasteiger partial charge >= 0.3 is 6.03 Å². The average molecular weight is 468 g/mol. The maximum atomic E-state index is 12.9. The Kier molecular flexibility index (Phi) is 8.44. The van der Waals surface area contributed by atoms with Crippen LogP contribution in [-0.4, -0.2) is 98.8 Å². The number of anilines is 1. The molecule has 2 heterocycles. The van der Waals surface area contributed by atoms with Crippen LogP contribution in [0.3, 0.4) is 0 Å². The molecule has 2 saturated heterocycles. The van der Waals surface area contributed by atoms with Crippen LogP contribution in [0.25, 0.3) is 0 Å². The zero-order chi connectivity index (χ0) is 23.3. The lowest BCUT2D eigenvalue weighted by atomic mass is 10.0. The van der Waals surface area contributed by atoms with Gasteiger partial charge in [0, 0.05) is 52.4 Å². The molecule has 0 saturated carbocycles. The summed E-state index contributed by atoms with van der Waals surface area (Å²) in [6.07, 6.45) is 1.55. The number of nitrogens with two attached hydrogens (primary N) is 1. The molecule has 178 valence electrons. The molecule has 3 rings (SSSR count). The third-order valence-electron chi connectivity index (χ3n) is 6.29. The molecule has 0 spiro atoms. The second-order valence-corrected chi connectivity index (χ2v) is 8.63. The number of rotatable bonds is 9. The molecule has 0 radical (unpaired) electrons. The standard InChI is InChI=1S/C22H34ClN5O4/c1-4-27-10-11-28(22(27)30)8-5-7-26-9-6-18(20(14-26)32-3)25-21(29)15-12-16(23)17(24)13-19(15)31-2/h12-13,18,20H,4-11,14,24H2,1-3H3,(H,25,29). The summed E-state index contributed by atoms with van der Waals surface area (Å²) in [4.78, 5) is 31.2. The fraction of sp³-hybridized carbons (Fsp3) is 0.636. The number of carbonyl (C=O) groups excluding carboxylic acids is 2. The van der Waals surface area contributed by atoms with Gasteiger partial charge in [-0.1, -0.05) is 11.6 Å². The summed E-state index contributed by atoms with van der Waals surface area (Å²) >= 11 is 6.11. The SMILES string of the molecule is CCN1CCN(CCCN2CCC(NC(=O)c3cc(Cl)c(N)cc3OC)C(OC)C2)C1=O. The van der Waals surface area contributed by atoms with Crippen molar-refractivity contribution in [2.24, 2.45) is 0 Å². The van der Waals surface area contributed by atoms with E-state index in [9.17, 15) is 9.59 Å². The largest absolute Gasteiger partial charge is 0.496 e. The fourth-order valence-electron chi connectivity index (χ4n) is 4.37. The van der Waals surface area contributed by atoms with Crippen molar-refractivity contribution in [1.29, 1.82) is 0 Å². The van der Waals surface area contributed by atoms with Gasteiger partial charge in [-0.2, -0.15) is 0 Å². The molecular weight excluding hydrogens is 434 g/mol. The van der Waals surface area contributed by atoms with Crippen molar-refractivity contribution in [3.63, 3.8) is 0 Å². The van der Waals surface area contributed by atoms with Crippen LogP contribution in [-0.2, 0) is 4.74 Å². The third-order valence-corrected chi connectivity index (χ3v) is 6.62. The quantitative estimate of drug-likeness (QED) is 0.538. The maximum Gasteiger partial charge on any atom is 0.320 e. The maximum absolute atomic E-state index is 12.9. The third kappa shape index (κ3) is 5.57. The molecule has 32 heavy (non-hydrogen) atoms. The van der Waals surface area contributed by atoms with Gasteiger partial charge in [0.05, 0.1) is 35.5 Å². The molecule has 10 heteroatoms. The lowest BCUT2D eigenvalue weighted by Crippen LogP contribution is -2.55. The first kappa shape index (κ1) is 24.4. The van der Waals surface area contributed by atoms with Gasteiger partial charge in [0.2, 0.25) is 0 Å². The van der Waals surface area contributed by atoms with Gasteiger partial charge < -0.3 is 35.2 Å². The zero-order valence-electron chi connectivity index (χ0n) is 19.1. The fourth-order valence-corrected chi connectivity index (χ4v) is 4.53. The van der Waals surface area contributed by atoms with Gasteiger partial charge in [0.15, 0.2) is 0 Å². The van der Waals surface area contributed by atoms with Crippen molar-refractivity contribution < 1.29 is 19.1 Å². The van der Waals surface area contributed by atoms with Crippen LogP contribution in [0.2, 0.25) is 5.02 Å². The molecule has 3 N–H and O–H groups in total. The van der Waals surface area contributed by atoms with Gasteiger partial charge in [-0.3, -0.25) is 4.79 Å². The van der Waals surface area contributed by atoms with Crippen molar-refractivity contribution in [2.45, 2.75) is 31.9 Å². The number of ether oxygens (including phenoxy) is 2. The summed E-state index contributed by atoms with van der Waals surface area (Å²) in [5, 5.41) is 3.38. The van der Waals surface area contributed by atoms with Crippen molar-refractivity contribution in [1.82, 2.24) is 20.0 Å². The predicted molar refractivity (Wildman–Crippen MR) is 124 cm³/mol. The molecule has 0 aliphatic carbocycles. The van der Waals surface area contributed by atoms with E-state index in [1.54, 1.807) is 13.2 Å². The van der Waals surface area contributed by atoms with Gasteiger partial charge in [-0.15, -0.1) is 0 Å². The Balaban J connectivity index is 1.51. The number of hydrogen-bond donors (Lipinski definition) is 2. The molecule has 1 aromatic carbocycles. The van der Waals surface area contributed by atoms with Gasteiger partial charge in [-0.25, -0.2) is 4.79 Å². The Labute approximate surface area is 194 Å². The first-order chi connectivity index (χ1) is 15.4. The smallest absolute Gasteiger partial charge is 0.320 e. The van der Waals surface area contributed by atoms with E-state index in [4.69, 9.17) is 26.8 Å². The van der Waals surface area contributed by atoms with Crippen LogP contribution in [0.15, 0.2) is 12.1 Å². The zero-order valence-corrected chi connectivity index (χ0v) is 19.9. The van der Waals surface area contributed by atoms with Crippen molar-refractivity contribution >= 4 is 29.2 Å².